The second-order valence-electron chi connectivity index (χ2n) is 6.12. The largest absolute Gasteiger partial charge is 0.461 e. The standard InChI is InChI=1S/C15H27N5O/c1-6-16-13-17-14(19-15(18-13)21-10(2)3)20-9-11(4)7-8-12(20)5/h10-12H,6-9H2,1-5H3,(H,16,17,18,19). The first-order chi connectivity index (χ1) is 9.99. The molecule has 1 N–H and O–H groups in total. The molecule has 2 heterocycles. The van der Waals surface area contributed by atoms with Crippen molar-refractivity contribution in [3.8, 4) is 6.01 Å². The fraction of sp³-hybridized carbons (Fsp3) is 0.800. The third-order valence-corrected chi connectivity index (χ3v) is 3.65. The maximum atomic E-state index is 5.67. The quantitative estimate of drug-likeness (QED) is 0.900. The molecule has 2 rings (SSSR count). The van der Waals surface area contributed by atoms with Crippen LogP contribution in [0.2, 0.25) is 0 Å². The van der Waals surface area contributed by atoms with Crippen LogP contribution in [0.5, 0.6) is 6.01 Å². The number of aromatic nitrogens is 3. The lowest BCUT2D eigenvalue weighted by molar-refractivity contribution is 0.221. The molecule has 118 valence electrons. The molecule has 21 heavy (non-hydrogen) atoms. The lowest BCUT2D eigenvalue weighted by Crippen LogP contribution is -2.42. The Bertz CT molecular complexity index is 465. The van der Waals surface area contributed by atoms with E-state index in [1.807, 2.05) is 20.8 Å². The number of ether oxygens (including phenoxy) is 1. The maximum absolute atomic E-state index is 5.67. The number of hydrogen-bond acceptors (Lipinski definition) is 6. The lowest BCUT2D eigenvalue weighted by atomic mass is 9.95. The van der Waals surface area contributed by atoms with Crippen molar-refractivity contribution in [2.45, 2.75) is 59.6 Å². The summed E-state index contributed by atoms with van der Waals surface area (Å²) < 4.78 is 5.67. The predicted octanol–water partition coefficient (Wildman–Crippen LogP) is 2.72. The number of piperidine rings is 1. The highest BCUT2D eigenvalue weighted by Gasteiger charge is 2.26. The highest BCUT2D eigenvalue weighted by molar-refractivity contribution is 5.39. The molecular formula is C15H27N5O. The zero-order valence-electron chi connectivity index (χ0n) is 13.8. The molecule has 1 aromatic heterocycles. The van der Waals surface area contributed by atoms with E-state index in [1.165, 1.54) is 12.8 Å². The fourth-order valence-electron chi connectivity index (χ4n) is 2.54. The van der Waals surface area contributed by atoms with Gasteiger partial charge in [-0.1, -0.05) is 6.92 Å². The minimum absolute atomic E-state index is 0.0485. The van der Waals surface area contributed by atoms with Gasteiger partial charge in [0.1, 0.15) is 0 Å². The van der Waals surface area contributed by atoms with E-state index in [1.54, 1.807) is 0 Å². The van der Waals surface area contributed by atoms with Gasteiger partial charge in [-0.05, 0) is 46.5 Å². The van der Waals surface area contributed by atoms with Gasteiger partial charge in [-0.25, -0.2) is 0 Å². The summed E-state index contributed by atoms with van der Waals surface area (Å²) in [6, 6.07) is 0.848. The van der Waals surface area contributed by atoms with Crippen LogP contribution in [-0.2, 0) is 0 Å². The van der Waals surface area contributed by atoms with Crippen molar-refractivity contribution in [1.29, 1.82) is 0 Å². The van der Waals surface area contributed by atoms with Gasteiger partial charge in [-0.15, -0.1) is 0 Å². The van der Waals surface area contributed by atoms with Crippen molar-refractivity contribution < 1.29 is 4.74 Å². The summed E-state index contributed by atoms with van der Waals surface area (Å²) >= 11 is 0. The van der Waals surface area contributed by atoms with Crippen LogP contribution in [-0.4, -0.2) is 40.2 Å². The molecule has 2 atom stereocenters. The SMILES string of the molecule is CCNc1nc(OC(C)C)nc(N2CC(C)CCC2C)n1. The first kappa shape index (κ1) is 15.8. The fourth-order valence-corrected chi connectivity index (χ4v) is 2.54. The van der Waals surface area contributed by atoms with Crippen LogP contribution in [0.25, 0.3) is 0 Å². The summed E-state index contributed by atoms with van der Waals surface area (Å²) in [6.45, 7) is 12.2. The number of rotatable bonds is 5. The number of nitrogens with zero attached hydrogens (tertiary/aromatic N) is 4. The molecule has 1 aromatic rings. The first-order valence-corrected chi connectivity index (χ1v) is 7.92. The van der Waals surface area contributed by atoms with Gasteiger partial charge < -0.3 is 15.0 Å². The molecule has 1 saturated heterocycles. The molecule has 0 aromatic carbocycles. The topological polar surface area (TPSA) is 63.2 Å². The molecular weight excluding hydrogens is 266 g/mol. The molecule has 0 amide bonds. The summed E-state index contributed by atoms with van der Waals surface area (Å²) in [5.74, 6) is 1.97. The van der Waals surface area contributed by atoms with E-state index in [9.17, 15) is 0 Å². The molecule has 0 saturated carbocycles. The number of anilines is 2. The Kier molecular flexibility index (Phi) is 5.20. The van der Waals surface area contributed by atoms with E-state index >= 15 is 0 Å². The van der Waals surface area contributed by atoms with Crippen molar-refractivity contribution in [2.24, 2.45) is 5.92 Å². The van der Waals surface area contributed by atoms with Gasteiger partial charge in [0.2, 0.25) is 11.9 Å². The van der Waals surface area contributed by atoms with Gasteiger partial charge in [-0.2, -0.15) is 15.0 Å². The molecule has 1 aliphatic heterocycles. The Labute approximate surface area is 127 Å². The van der Waals surface area contributed by atoms with Gasteiger partial charge in [-0.3, -0.25) is 0 Å². The van der Waals surface area contributed by atoms with E-state index in [4.69, 9.17) is 4.74 Å². The Morgan fingerprint density at radius 1 is 1.24 bits per heavy atom. The first-order valence-electron chi connectivity index (χ1n) is 7.92. The van der Waals surface area contributed by atoms with Crippen LogP contribution in [0.4, 0.5) is 11.9 Å². The Morgan fingerprint density at radius 2 is 2.00 bits per heavy atom. The molecule has 6 heteroatoms. The summed E-state index contributed by atoms with van der Waals surface area (Å²) in [6.07, 6.45) is 2.48. The highest BCUT2D eigenvalue weighted by Crippen LogP contribution is 2.26. The Balaban J connectivity index is 2.29. The summed E-state index contributed by atoms with van der Waals surface area (Å²) in [5.41, 5.74) is 0. The zero-order valence-corrected chi connectivity index (χ0v) is 13.8. The molecule has 6 nitrogen and oxygen atoms in total. The van der Waals surface area contributed by atoms with Crippen LogP contribution < -0.4 is 15.0 Å². The van der Waals surface area contributed by atoms with Crippen LogP contribution in [0.1, 0.15) is 47.5 Å². The zero-order chi connectivity index (χ0) is 15.4. The second kappa shape index (κ2) is 6.91. The minimum Gasteiger partial charge on any atom is -0.461 e. The lowest BCUT2D eigenvalue weighted by Gasteiger charge is -2.36. The van der Waals surface area contributed by atoms with E-state index in [0.29, 0.717) is 23.9 Å². The van der Waals surface area contributed by atoms with Crippen LogP contribution in [0.3, 0.4) is 0 Å². The number of hydrogen-bond donors (Lipinski definition) is 1. The molecule has 1 fully saturated rings. The van der Waals surface area contributed by atoms with Gasteiger partial charge in [0.15, 0.2) is 0 Å². The van der Waals surface area contributed by atoms with Gasteiger partial charge in [0, 0.05) is 19.1 Å². The van der Waals surface area contributed by atoms with Gasteiger partial charge >= 0.3 is 6.01 Å². The molecule has 0 bridgehead atoms. The van der Waals surface area contributed by atoms with Crippen LogP contribution in [0, 0.1) is 5.92 Å². The maximum Gasteiger partial charge on any atom is 0.323 e. The Morgan fingerprint density at radius 3 is 2.67 bits per heavy atom. The van der Waals surface area contributed by atoms with Crippen molar-refractivity contribution in [3.05, 3.63) is 0 Å². The minimum atomic E-state index is 0.0485. The average molecular weight is 293 g/mol. The monoisotopic (exact) mass is 293 g/mol. The third-order valence-electron chi connectivity index (χ3n) is 3.65. The smallest absolute Gasteiger partial charge is 0.323 e. The molecule has 2 unspecified atom stereocenters. The van der Waals surface area contributed by atoms with E-state index in [0.717, 1.165) is 19.0 Å². The van der Waals surface area contributed by atoms with E-state index < -0.39 is 0 Å². The number of nitrogens with one attached hydrogen (secondary N) is 1. The van der Waals surface area contributed by atoms with E-state index in [2.05, 4.69) is 39.0 Å². The molecule has 1 aliphatic rings. The predicted molar refractivity (Wildman–Crippen MR) is 85.0 cm³/mol. The highest BCUT2D eigenvalue weighted by atomic mass is 16.5. The molecule has 0 spiro atoms. The van der Waals surface area contributed by atoms with Crippen molar-refractivity contribution in [2.75, 3.05) is 23.3 Å². The average Bonchev–Trinajstić information content (AvgIpc) is 2.41. The summed E-state index contributed by atoms with van der Waals surface area (Å²) in [7, 11) is 0. The van der Waals surface area contributed by atoms with Crippen LogP contribution in [0.15, 0.2) is 0 Å². The van der Waals surface area contributed by atoms with E-state index in [-0.39, 0.29) is 6.10 Å². The third kappa shape index (κ3) is 4.19. The summed E-state index contributed by atoms with van der Waals surface area (Å²) in [4.78, 5) is 15.6. The van der Waals surface area contributed by atoms with Crippen molar-refractivity contribution >= 4 is 11.9 Å². The Hall–Kier alpha value is -1.59. The van der Waals surface area contributed by atoms with Crippen molar-refractivity contribution in [3.63, 3.8) is 0 Å². The summed E-state index contributed by atoms with van der Waals surface area (Å²) in [5, 5.41) is 3.16. The van der Waals surface area contributed by atoms with Crippen LogP contribution >= 0.6 is 0 Å². The van der Waals surface area contributed by atoms with Gasteiger partial charge in [0.25, 0.3) is 0 Å². The molecule has 0 radical (unpaired) electrons. The molecule has 0 aliphatic carbocycles. The van der Waals surface area contributed by atoms with Crippen molar-refractivity contribution in [1.82, 2.24) is 15.0 Å². The second-order valence-corrected chi connectivity index (χ2v) is 6.12. The van der Waals surface area contributed by atoms with Gasteiger partial charge in [0.05, 0.1) is 6.10 Å². The normalized spacial score (nSPS) is 22.5.